The molecule has 1 aromatic rings. The fourth-order valence-electron chi connectivity index (χ4n) is 1.73. The molecule has 1 aliphatic heterocycles. The molecule has 0 aromatic carbocycles. The van der Waals surface area contributed by atoms with Gasteiger partial charge in [0.05, 0.1) is 0 Å². The third-order valence-electron chi connectivity index (χ3n) is 2.51. The zero-order valence-corrected chi connectivity index (χ0v) is 8.57. The van der Waals surface area contributed by atoms with E-state index in [1.165, 1.54) is 31.6 Å². The minimum absolute atomic E-state index is 0.814. The molecule has 0 spiro atoms. The van der Waals surface area contributed by atoms with Gasteiger partial charge in [0.1, 0.15) is 0 Å². The van der Waals surface area contributed by atoms with Crippen LogP contribution in [0.25, 0.3) is 0 Å². The number of thiophene rings is 1. The van der Waals surface area contributed by atoms with E-state index in [1.807, 2.05) is 0 Å². The van der Waals surface area contributed by atoms with Crippen molar-refractivity contribution in [2.24, 2.45) is 5.92 Å². The molecule has 1 saturated heterocycles. The van der Waals surface area contributed by atoms with Gasteiger partial charge in [-0.05, 0) is 43.3 Å². The lowest BCUT2D eigenvalue weighted by molar-refractivity contribution is 0.393. The van der Waals surface area contributed by atoms with Crippen molar-refractivity contribution in [3.05, 3.63) is 16.8 Å². The van der Waals surface area contributed by atoms with Crippen LogP contribution in [0.4, 0.5) is 5.69 Å². The van der Waals surface area contributed by atoms with Crippen LogP contribution in [0.3, 0.4) is 0 Å². The molecule has 0 amide bonds. The Kier molecular flexibility index (Phi) is 3.22. The van der Waals surface area contributed by atoms with Crippen LogP contribution in [-0.2, 0) is 0 Å². The predicted octanol–water partition coefficient (Wildman–Crippen LogP) is 2.16. The van der Waals surface area contributed by atoms with Crippen LogP contribution in [0, 0.1) is 5.92 Å². The number of piperidine rings is 1. The summed E-state index contributed by atoms with van der Waals surface area (Å²) in [4.78, 5) is 0. The standard InChI is InChI=1S/C10H16N2S/c1-2-9(6-11-4-1)7-12-10-3-5-13-8-10/h3,5,8-9,11-12H,1-2,4,6-7H2. The molecule has 72 valence electrons. The van der Waals surface area contributed by atoms with Crippen LogP contribution in [0.15, 0.2) is 16.8 Å². The van der Waals surface area contributed by atoms with E-state index in [2.05, 4.69) is 27.5 Å². The van der Waals surface area contributed by atoms with E-state index in [0.29, 0.717) is 0 Å². The molecule has 1 unspecified atom stereocenters. The van der Waals surface area contributed by atoms with Crippen molar-refractivity contribution < 1.29 is 0 Å². The largest absolute Gasteiger partial charge is 0.384 e. The fourth-order valence-corrected chi connectivity index (χ4v) is 2.34. The van der Waals surface area contributed by atoms with Crippen molar-refractivity contribution in [1.29, 1.82) is 0 Å². The summed E-state index contributed by atoms with van der Waals surface area (Å²) in [6, 6.07) is 2.14. The summed E-state index contributed by atoms with van der Waals surface area (Å²) in [5.74, 6) is 0.814. The van der Waals surface area contributed by atoms with E-state index in [4.69, 9.17) is 0 Å². The molecule has 2 N–H and O–H groups in total. The topological polar surface area (TPSA) is 24.1 Å². The highest BCUT2D eigenvalue weighted by Gasteiger charge is 2.11. The smallest absolute Gasteiger partial charge is 0.0448 e. The van der Waals surface area contributed by atoms with Crippen LogP contribution in [-0.4, -0.2) is 19.6 Å². The average Bonchev–Trinajstić information content (AvgIpc) is 2.69. The summed E-state index contributed by atoms with van der Waals surface area (Å²) >= 11 is 1.75. The summed E-state index contributed by atoms with van der Waals surface area (Å²) in [5.41, 5.74) is 1.27. The van der Waals surface area contributed by atoms with Gasteiger partial charge in [-0.2, -0.15) is 11.3 Å². The maximum absolute atomic E-state index is 3.46. The Hall–Kier alpha value is -0.540. The lowest BCUT2D eigenvalue weighted by Crippen LogP contribution is -2.33. The van der Waals surface area contributed by atoms with Gasteiger partial charge in [0, 0.05) is 17.6 Å². The normalized spacial score (nSPS) is 22.9. The van der Waals surface area contributed by atoms with Gasteiger partial charge in [-0.1, -0.05) is 0 Å². The van der Waals surface area contributed by atoms with Crippen LogP contribution < -0.4 is 10.6 Å². The molecular weight excluding hydrogens is 180 g/mol. The maximum atomic E-state index is 3.46. The molecule has 1 atom stereocenters. The van der Waals surface area contributed by atoms with Crippen molar-refractivity contribution in [1.82, 2.24) is 5.32 Å². The average molecular weight is 196 g/mol. The van der Waals surface area contributed by atoms with Crippen LogP contribution in [0.1, 0.15) is 12.8 Å². The molecule has 0 aliphatic carbocycles. The first-order valence-electron chi connectivity index (χ1n) is 4.92. The van der Waals surface area contributed by atoms with Crippen molar-refractivity contribution in [2.45, 2.75) is 12.8 Å². The maximum Gasteiger partial charge on any atom is 0.0448 e. The molecule has 0 radical (unpaired) electrons. The molecule has 0 saturated carbocycles. The van der Waals surface area contributed by atoms with Gasteiger partial charge in [0.25, 0.3) is 0 Å². The molecule has 1 aromatic heterocycles. The van der Waals surface area contributed by atoms with Gasteiger partial charge in [-0.25, -0.2) is 0 Å². The van der Waals surface area contributed by atoms with E-state index in [0.717, 1.165) is 12.5 Å². The predicted molar refractivity (Wildman–Crippen MR) is 58.4 cm³/mol. The zero-order valence-electron chi connectivity index (χ0n) is 7.75. The number of hydrogen-bond acceptors (Lipinski definition) is 3. The van der Waals surface area contributed by atoms with Gasteiger partial charge < -0.3 is 10.6 Å². The summed E-state index contributed by atoms with van der Waals surface area (Å²) in [7, 11) is 0. The molecule has 2 heterocycles. The minimum Gasteiger partial charge on any atom is -0.384 e. The van der Waals surface area contributed by atoms with E-state index >= 15 is 0 Å². The lowest BCUT2D eigenvalue weighted by atomic mass is 10.00. The zero-order chi connectivity index (χ0) is 8.93. The Labute approximate surface area is 83.4 Å². The number of rotatable bonds is 3. The second-order valence-electron chi connectivity index (χ2n) is 3.61. The second-order valence-corrected chi connectivity index (χ2v) is 4.39. The van der Waals surface area contributed by atoms with Gasteiger partial charge in [0.2, 0.25) is 0 Å². The third-order valence-corrected chi connectivity index (χ3v) is 3.20. The molecular formula is C10H16N2S. The molecule has 3 heteroatoms. The highest BCUT2D eigenvalue weighted by Crippen LogP contribution is 2.15. The monoisotopic (exact) mass is 196 g/mol. The fraction of sp³-hybridized carbons (Fsp3) is 0.600. The Bertz CT molecular complexity index is 227. The minimum atomic E-state index is 0.814. The van der Waals surface area contributed by atoms with Gasteiger partial charge in [-0.15, -0.1) is 0 Å². The molecule has 1 fully saturated rings. The van der Waals surface area contributed by atoms with Crippen LogP contribution in [0.5, 0.6) is 0 Å². The summed E-state index contributed by atoms with van der Waals surface area (Å²) in [6.45, 7) is 3.50. The first-order chi connectivity index (χ1) is 6.45. The van der Waals surface area contributed by atoms with Crippen molar-refractivity contribution in [3.63, 3.8) is 0 Å². The van der Waals surface area contributed by atoms with Crippen molar-refractivity contribution in [2.75, 3.05) is 25.0 Å². The summed E-state index contributed by atoms with van der Waals surface area (Å²) < 4.78 is 0. The second kappa shape index (κ2) is 4.63. The van der Waals surface area contributed by atoms with Crippen LogP contribution in [0.2, 0.25) is 0 Å². The number of nitrogens with one attached hydrogen (secondary N) is 2. The molecule has 0 bridgehead atoms. The van der Waals surface area contributed by atoms with E-state index in [9.17, 15) is 0 Å². The Morgan fingerprint density at radius 2 is 2.62 bits per heavy atom. The Morgan fingerprint density at radius 1 is 1.62 bits per heavy atom. The number of anilines is 1. The van der Waals surface area contributed by atoms with Gasteiger partial charge >= 0.3 is 0 Å². The van der Waals surface area contributed by atoms with E-state index in [-0.39, 0.29) is 0 Å². The Morgan fingerprint density at radius 3 is 3.31 bits per heavy atom. The highest BCUT2D eigenvalue weighted by atomic mass is 32.1. The lowest BCUT2D eigenvalue weighted by Gasteiger charge is -2.22. The van der Waals surface area contributed by atoms with E-state index in [1.54, 1.807) is 11.3 Å². The molecule has 1 aliphatic rings. The van der Waals surface area contributed by atoms with Crippen molar-refractivity contribution >= 4 is 17.0 Å². The first kappa shape index (κ1) is 9.03. The summed E-state index contributed by atoms with van der Waals surface area (Å²) in [6.07, 6.45) is 2.69. The SMILES string of the molecule is c1cc(NCC2CCCNC2)cs1. The third kappa shape index (κ3) is 2.71. The van der Waals surface area contributed by atoms with Gasteiger partial charge in [0.15, 0.2) is 0 Å². The molecule has 13 heavy (non-hydrogen) atoms. The number of hydrogen-bond donors (Lipinski definition) is 2. The Balaban J connectivity index is 1.72. The van der Waals surface area contributed by atoms with E-state index < -0.39 is 0 Å². The highest BCUT2D eigenvalue weighted by molar-refractivity contribution is 7.08. The molecule has 2 nitrogen and oxygen atoms in total. The summed E-state index contributed by atoms with van der Waals surface area (Å²) in [5, 5.41) is 11.2. The van der Waals surface area contributed by atoms with Crippen LogP contribution >= 0.6 is 11.3 Å². The first-order valence-corrected chi connectivity index (χ1v) is 5.86. The molecule has 2 rings (SSSR count). The van der Waals surface area contributed by atoms with Gasteiger partial charge in [-0.3, -0.25) is 0 Å². The van der Waals surface area contributed by atoms with Crippen molar-refractivity contribution in [3.8, 4) is 0 Å². The quantitative estimate of drug-likeness (QED) is 0.774.